The van der Waals surface area contributed by atoms with Gasteiger partial charge in [-0.3, -0.25) is 4.79 Å². The lowest BCUT2D eigenvalue weighted by Crippen LogP contribution is -2.40. The van der Waals surface area contributed by atoms with Crippen LogP contribution in [-0.2, 0) is 11.3 Å². The number of thiophene rings is 1. The molecule has 0 spiro atoms. The summed E-state index contributed by atoms with van der Waals surface area (Å²) in [6, 6.07) is 3.43. The molecule has 1 unspecified atom stereocenters. The van der Waals surface area contributed by atoms with Crippen molar-refractivity contribution >= 4 is 17.2 Å². The smallest absolute Gasteiger partial charge is 0.237 e. The predicted octanol–water partition coefficient (Wildman–Crippen LogP) is 2.15. The first-order valence-electron chi connectivity index (χ1n) is 6.22. The molecule has 2 aromatic rings. The summed E-state index contributed by atoms with van der Waals surface area (Å²) in [5, 5.41) is 4.72. The Morgan fingerprint density at radius 3 is 3.16 bits per heavy atom. The molecule has 2 heterocycles. The van der Waals surface area contributed by atoms with Gasteiger partial charge in [-0.25, -0.2) is 4.98 Å². The van der Waals surface area contributed by atoms with Gasteiger partial charge in [0, 0.05) is 0 Å². The zero-order valence-electron chi connectivity index (χ0n) is 10.8. The lowest BCUT2D eigenvalue weighted by molar-refractivity contribution is -0.122. The molecule has 0 aromatic carbocycles. The van der Waals surface area contributed by atoms with Gasteiger partial charge in [-0.2, -0.15) is 0 Å². The molecule has 0 bridgehead atoms. The van der Waals surface area contributed by atoms with Gasteiger partial charge in [0.15, 0.2) is 0 Å². The quantitative estimate of drug-likeness (QED) is 0.849. The fourth-order valence-corrected chi connectivity index (χ4v) is 2.31. The van der Waals surface area contributed by atoms with Crippen LogP contribution in [0.15, 0.2) is 28.2 Å². The van der Waals surface area contributed by atoms with E-state index in [4.69, 9.17) is 10.2 Å². The lowest BCUT2D eigenvalue weighted by Gasteiger charge is -2.09. The van der Waals surface area contributed by atoms with E-state index < -0.39 is 6.04 Å². The van der Waals surface area contributed by atoms with Crippen LogP contribution in [0.2, 0.25) is 0 Å². The van der Waals surface area contributed by atoms with Gasteiger partial charge in [-0.15, -0.1) is 11.3 Å². The van der Waals surface area contributed by atoms with Crippen molar-refractivity contribution in [2.24, 2.45) is 5.73 Å². The minimum atomic E-state index is -0.450. The maximum atomic E-state index is 11.6. The highest BCUT2D eigenvalue weighted by Gasteiger charge is 2.13. The average Bonchev–Trinajstić information content (AvgIpc) is 3.06. The summed E-state index contributed by atoms with van der Waals surface area (Å²) in [5.41, 5.74) is 6.41. The van der Waals surface area contributed by atoms with E-state index >= 15 is 0 Å². The highest BCUT2D eigenvalue weighted by atomic mass is 32.1. The molecule has 0 aliphatic carbocycles. The van der Waals surface area contributed by atoms with Crippen molar-refractivity contribution in [2.45, 2.75) is 32.4 Å². The zero-order chi connectivity index (χ0) is 13.7. The van der Waals surface area contributed by atoms with Gasteiger partial charge >= 0.3 is 0 Å². The molecule has 1 amide bonds. The first-order valence-corrected chi connectivity index (χ1v) is 7.10. The SMILES string of the molecule is CCCC(N)C(=O)NCc1coc(-c2cccs2)n1. The largest absolute Gasteiger partial charge is 0.443 e. The number of carbonyl (C=O) groups is 1. The molecule has 0 fully saturated rings. The number of carbonyl (C=O) groups excluding carboxylic acids is 1. The molecule has 0 aliphatic rings. The van der Waals surface area contributed by atoms with Crippen LogP contribution in [0.3, 0.4) is 0 Å². The number of nitrogens with one attached hydrogen (secondary N) is 1. The maximum Gasteiger partial charge on any atom is 0.237 e. The van der Waals surface area contributed by atoms with Crippen molar-refractivity contribution in [1.82, 2.24) is 10.3 Å². The summed E-state index contributed by atoms with van der Waals surface area (Å²) < 4.78 is 5.37. The van der Waals surface area contributed by atoms with Crippen LogP contribution >= 0.6 is 11.3 Å². The maximum absolute atomic E-state index is 11.6. The van der Waals surface area contributed by atoms with Gasteiger partial charge in [0.25, 0.3) is 0 Å². The van der Waals surface area contributed by atoms with E-state index in [1.807, 2.05) is 24.4 Å². The third-order valence-electron chi connectivity index (χ3n) is 2.66. The third-order valence-corrected chi connectivity index (χ3v) is 3.52. The van der Waals surface area contributed by atoms with Gasteiger partial charge in [0.2, 0.25) is 11.8 Å². The molecule has 0 aliphatic heterocycles. The van der Waals surface area contributed by atoms with E-state index in [0.717, 1.165) is 11.3 Å². The van der Waals surface area contributed by atoms with E-state index in [2.05, 4.69) is 10.3 Å². The molecular weight excluding hydrogens is 262 g/mol. The number of amides is 1. The zero-order valence-corrected chi connectivity index (χ0v) is 11.6. The Morgan fingerprint density at radius 2 is 2.47 bits per heavy atom. The first-order chi connectivity index (χ1) is 9.20. The summed E-state index contributed by atoms with van der Waals surface area (Å²) in [6.07, 6.45) is 3.13. The highest BCUT2D eigenvalue weighted by Crippen LogP contribution is 2.23. The molecule has 19 heavy (non-hydrogen) atoms. The third kappa shape index (κ3) is 3.65. The van der Waals surface area contributed by atoms with Crippen LogP contribution in [0.1, 0.15) is 25.5 Å². The molecule has 0 saturated heterocycles. The van der Waals surface area contributed by atoms with Crippen molar-refractivity contribution in [3.05, 3.63) is 29.5 Å². The second-order valence-electron chi connectivity index (χ2n) is 4.23. The van der Waals surface area contributed by atoms with Crippen molar-refractivity contribution < 1.29 is 9.21 Å². The molecule has 0 radical (unpaired) electrons. The summed E-state index contributed by atoms with van der Waals surface area (Å²) in [7, 11) is 0. The molecule has 2 rings (SSSR count). The molecular formula is C13H17N3O2S. The van der Waals surface area contributed by atoms with Crippen LogP contribution in [0.4, 0.5) is 0 Å². The van der Waals surface area contributed by atoms with E-state index in [0.29, 0.717) is 24.6 Å². The van der Waals surface area contributed by atoms with Crippen molar-refractivity contribution in [2.75, 3.05) is 0 Å². The van der Waals surface area contributed by atoms with E-state index in [9.17, 15) is 4.79 Å². The molecule has 0 saturated carbocycles. The minimum Gasteiger partial charge on any atom is -0.443 e. The van der Waals surface area contributed by atoms with Crippen molar-refractivity contribution in [1.29, 1.82) is 0 Å². The number of hydrogen-bond donors (Lipinski definition) is 2. The van der Waals surface area contributed by atoms with Crippen molar-refractivity contribution in [3.8, 4) is 10.8 Å². The van der Waals surface area contributed by atoms with Gasteiger partial charge < -0.3 is 15.5 Å². The first kappa shape index (κ1) is 13.8. The second-order valence-corrected chi connectivity index (χ2v) is 5.18. The predicted molar refractivity (Wildman–Crippen MR) is 74.5 cm³/mol. The Morgan fingerprint density at radius 1 is 1.63 bits per heavy atom. The Labute approximate surface area is 115 Å². The van der Waals surface area contributed by atoms with E-state index in [-0.39, 0.29) is 5.91 Å². The number of aromatic nitrogens is 1. The Bertz CT molecular complexity index is 522. The summed E-state index contributed by atoms with van der Waals surface area (Å²) in [6.45, 7) is 2.34. The monoisotopic (exact) mass is 279 g/mol. The van der Waals surface area contributed by atoms with Crippen LogP contribution < -0.4 is 11.1 Å². The van der Waals surface area contributed by atoms with Gasteiger partial charge in [0.1, 0.15) is 6.26 Å². The normalized spacial score (nSPS) is 12.3. The number of nitrogens with zero attached hydrogens (tertiary/aromatic N) is 1. The number of nitrogens with two attached hydrogens (primary N) is 1. The van der Waals surface area contributed by atoms with Gasteiger partial charge in [-0.05, 0) is 17.9 Å². The number of hydrogen-bond acceptors (Lipinski definition) is 5. The average molecular weight is 279 g/mol. The molecule has 2 aromatic heterocycles. The molecule has 5 nitrogen and oxygen atoms in total. The van der Waals surface area contributed by atoms with Crippen LogP contribution in [0, 0.1) is 0 Å². The standard InChI is InChI=1S/C13H17N3O2S/c1-2-4-10(14)12(17)15-7-9-8-18-13(16-9)11-5-3-6-19-11/h3,5-6,8,10H,2,4,7,14H2,1H3,(H,15,17). The van der Waals surface area contributed by atoms with E-state index in [1.54, 1.807) is 17.6 Å². The minimum absolute atomic E-state index is 0.150. The van der Waals surface area contributed by atoms with Crippen molar-refractivity contribution in [3.63, 3.8) is 0 Å². The molecule has 1 atom stereocenters. The number of rotatable bonds is 6. The Balaban J connectivity index is 1.89. The van der Waals surface area contributed by atoms with Crippen LogP contribution in [0.5, 0.6) is 0 Å². The van der Waals surface area contributed by atoms with Gasteiger partial charge in [-0.1, -0.05) is 19.4 Å². The Hall–Kier alpha value is -1.66. The van der Waals surface area contributed by atoms with Gasteiger partial charge in [0.05, 0.1) is 23.2 Å². The summed E-state index contributed by atoms with van der Waals surface area (Å²) in [5.74, 6) is 0.430. The van der Waals surface area contributed by atoms with Crippen LogP contribution in [0.25, 0.3) is 10.8 Å². The Kier molecular flexibility index (Phi) is 4.70. The fraction of sp³-hybridized carbons (Fsp3) is 0.385. The number of oxazole rings is 1. The molecule has 6 heteroatoms. The summed E-state index contributed by atoms with van der Waals surface area (Å²) in [4.78, 5) is 16.9. The fourth-order valence-electron chi connectivity index (χ4n) is 1.65. The van der Waals surface area contributed by atoms with Crippen LogP contribution in [-0.4, -0.2) is 16.9 Å². The summed E-state index contributed by atoms with van der Waals surface area (Å²) >= 11 is 1.56. The second kappa shape index (κ2) is 6.49. The lowest BCUT2D eigenvalue weighted by atomic mass is 10.2. The van der Waals surface area contributed by atoms with E-state index in [1.165, 1.54) is 0 Å². The molecule has 3 N–H and O–H groups in total. The highest BCUT2D eigenvalue weighted by molar-refractivity contribution is 7.13. The topological polar surface area (TPSA) is 81.2 Å². The molecule has 102 valence electrons.